The minimum atomic E-state index is 0.592. The standard InChI is InChI=1S/C15H17N5O/c1-20-11-12(10-17-20)15-18-14(21-19-15)8-5-9-16-13-6-3-2-4-7-13/h2-4,6-7,10-11,16H,5,8-9H2,1H3. The van der Waals surface area contributed by atoms with Crippen molar-refractivity contribution >= 4 is 5.69 Å². The van der Waals surface area contributed by atoms with E-state index in [-0.39, 0.29) is 0 Å². The number of hydrogen-bond acceptors (Lipinski definition) is 5. The summed E-state index contributed by atoms with van der Waals surface area (Å²) in [7, 11) is 1.86. The van der Waals surface area contributed by atoms with E-state index in [0.717, 1.165) is 30.6 Å². The maximum absolute atomic E-state index is 5.25. The van der Waals surface area contributed by atoms with Gasteiger partial charge in [-0.3, -0.25) is 4.68 Å². The van der Waals surface area contributed by atoms with E-state index in [0.29, 0.717) is 11.7 Å². The van der Waals surface area contributed by atoms with Crippen LogP contribution in [0.1, 0.15) is 12.3 Å². The van der Waals surface area contributed by atoms with Gasteiger partial charge in [-0.2, -0.15) is 10.1 Å². The Morgan fingerprint density at radius 1 is 1.24 bits per heavy atom. The average Bonchev–Trinajstić information content (AvgIpc) is 3.13. The fraction of sp³-hybridized carbons (Fsp3) is 0.267. The van der Waals surface area contributed by atoms with Crippen LogP contribution in [0.25, 0.3) is 11.4 Å². The van der Waals surface area contributed by atoms with Gasteiger partial charge in [0.2, 0.25) is 11.7 Å². The van der Waals surface area contributed by atoms with Crippen LogP contribution >= 0.6 is 0 Å². The molecule has 0 saturated carbocycles. The number of hydrogen-bond donors (Lipinski definition) is 1. The first kappa shape index (κ1) is 13.4. The molecular weight excluding hydrogens is 266 g/mol. The van der Waals surface area contributed by atoms with Gasteiger partial charge in [0, 0.05) is 31.9 Å². The first-order valence-electron chi connectivity index (χ1n) is 6.92. The number of nitrogens with zero attached hydrogens (tertiary/aromatic N) is 4. The minimum Gasteiger partial charge on any atom is -0.385 e. The third kappa shape index (κ3) is 3.47. The lowest BCUT2D eigenvalue weighted by Crippen LogP contribution is -2.02. The van der Waals surface area contributed by atoms with Gasteiger partial charge < -0.3 is 9.84 Å². The molecular formula is C15H17N5O. The predicted molar refractivity (Wildman–Crippen MR) is 79.8 cm³/mol. The Labute approximate surface area is 122 Å². The van der Waals surface area contributed by atoms with Crippen LogP contribution in [-0.4, -0.2) is 26.5 Å². The summed E-state index contributed by atoms with van der Waals surface area (Å²) in [5.74, 6) is 1.25. The molecule has 6 heteroatoms. The summed E-state index contributed by atoms with van der Waals surface area (Å²) < 4.78 is 6.97. The molecule has 0 spiro atoms. The van der Waals surface area contributed by atoms with Crippen molar-refractivity contribution in [3.8, 4) is 11.4 Å². The smallest absolute Gasteiger partial charge is 0.227 e. The summed E-state index contributed by atoms with van der Waals surface area (Å²) in [6, 6.07) is 10.1. The normalized spacial score (nSPS) is 10.7. The molecule has 0 aliphatic carbocycles. The lowest BCUT2D eigenvalue weighted by Gasteiger charge is -2.03. The van der Waals surface area contributed by atoms with Crippen molar-refractivity contribution in [2.24, 2.45) is 7.05 Å². The van der Waals surface area contributed by atoms with E-state index in [9.17, 15) is 0 Å². The van der Waals surface area contributed by atoms with Crippen molar-refractivity contribution in [2.75, 3.05) is 11.9 Å². The Morgan fingerprint density at radius 3 is 2.86 bits per heavy atom. The molecule has 0 saturated heterocycles. The summed E-state index contributed by atoms with van der Waals surface area (Å²) in [4.78, 5) is 4.38. The van der Waals surface area contributed by atoms with Gasteiger partial charge in [0.15, 0.2) is 0 Å². The number of rotatable bonds is 6. The molecule has 21 heavy (non-hydrogen) atoms. The summed E-state index contributed by atoms with van der Waals surface area (Å²) in [6.07, 6.45) is 5.29. The summed E-state index contributed by atoms with van der Waals surface area (Å²) >= 11 is 0. The largest absolute Gasteiger partial charge is 0.385 e. The van der Waals surface area contributed by atoms with E-state index in [1.165, 1.54) is 0 Å². The molecule has 0 atom stereocenters. The van der Waals surface area contributed by atoms with E-state index in [1.54, 1.807) is 10.9 Å². The third-order valence-corrected chi connectivity index (χ3v) is 3.10. The molecule has 108 valence electrons. The topological polar surface area (TPSA) is 68.8 Å². The maximum Gasteiger partial charge on any atom is 0.227 e. The van der Waals surface area contributed by atoms with E-state index >= 15 is 0 Å². The van der Waals surface area contributed by atoms with Crippen LogP contribution in [0, 0.1) is 0 Å². The SMILES string of the molecule is Cn1cc(-c2noc(CCCNc3ccccc3)n2)cn1. The van der Waals surface area contributed by atoms with Crippen LogP contribution in [0.4, 0.5) is 5.69 Å². The van der Waals surface area contributed by atoms with Crippen LogP contribution in [-0.2, 0) is 13.5 Å². The molecule has 3 aromatic rings. The second-order valence-electron chi connectivity index (χ2n) is 4.81. The first-order chi connectivity index (χ1) is 10.3. The van der Waals surface area contributed by atoms with Crippen molar-refractivity contribution in [3.63, 3.8) is 0 Å². The number of aryl methyl sites for hydroxylation is 2. The lowest BCUT2D eigenvalue weighted by molar-refractivity contribution is 0.377. The second kappa shape index (κ2) is 6.21. The van der Waals surface area contributed by atoms with E-state index < -0.39 is 0 Å². The van der Waals surface area contributed by atoms with Crippen molar-refractivity contribution in [3.05, 3.63) is 48.6 Å². The second-order valence-corrected chi connectivity index (χ2v) is 4.81. The summed E-state index contributed by atoms with van der Waals surface area (Å²) in [5.41, 5.74) is 1.99. The zero-order chi connectivity index (χ0) is 14.5. The maximum atomic E-state index is 5.25. The fourth-order valence-corrected chi connectivity index (χ4v) is 2.04. The van der Waals surface area contributed by atoms with Crippen LogP contribution < -0.4 is 5.32 Å². The van der Waals surface area contributed by atoms with Gasteiger partial charge in [0.05, 0.1) is 11.8 Å². The number of para-hydroxylation sites is 1. The van der Waals surface area contributed by atoms with Crippen molar-refractivity contribution < 1.29 is 4.52 Å². The summed E-state index contributed by atoms with van der Waals surface area (Å²) in [6.45, 7) is 0.870. The van der Waals surface area contributed by atoms with Gasteiger partial charge in [0.25, 0.3) is 0 Å². The van der Waals surface area contributed by atoms with Crippen LogP contribution in [0.2, 0.25) is 0 Å². The molecule has 0 fully saturated rings. The predicted octanol–water partition coefficient (Wildman–Crippen LogP) is 2.51. The molecule has 0 aliphatic rings. The molecule has 1 N–H and O–H groups in total. The molecule has 0 bridgehead atoms. The Hall–Kier alpha value is -2.63. The van der Waals surface area contributed by atoms with E-state index in [2.05, 4.69) is 20.6 Å². The number of benzene rings is 1. The molecule has 2 aromatic heterocycles. The Bertz CT molecular complexity index is 689. The molecule has 6 nitrogen and oxygen atoms in total. The molecule has 0 radical (unpaired) electrons. The number of nitrogens with one attached hydrogen (secondary N) is 1. The van der Waals surface area contributed by atoms with E-state index in [1.807, 2.05) is 43.6 Å². The highest BCUT2D eigenvalue weighted by Gasteiger charge is 2.09. The highest BCUT2D eigenvalue weighted by atomic mass is 16.5. The van der Waals surface area contributed by atoms with Crippen molar-refractivity contribution in [1.82, 2.24) is 19.9 Å². The quantitative estimate of drug-likeness (QED) is 0.704. The van der Waals surface area contributed by atoms with Gasteiger partial charge in [-0.1, -0.05) is 23.4 Å². The molecule has 0 aliphatic heterocycles. The minimum absolute atomic E-state index is 0.592. The van der Waals surface area contributed by atoms with Crippen molar-refractivity contribution in [1.29, 1.82) is 0 Å². The molecule has 3 rings (SSSR count). The fourth-order valence-electron chi connectivity index (χ4n) is 2.04. The van der Waals surface area contributed by atoms with Gasteiger partial charge in [-0.25, -0.2) is 0 Å². The first-order valence-corrected chi connectivity index (χ1v) is 6.92. The zero-order valence-corrected chi connectivity index (χ0v) is 11.9. The highest BCUT2D eigenvalue weighted by molar-refractivity contribution is 5.50. The Balaban J connectivity index is 1.49. The monoisotopic (exact) mass is 283 g/mol. The summed E-state index contributed by atoms with van der Waals surface area (Å²) in [5, 5.41) is 11.4. The van der Waals surface area contributed by atoms with Crippen LogP contribution in [0.15, 0.2) is 47.2 Å². The number of aromatic nitrogens is 4. The Morgan fingerprint density at radius 2 is 2.10 bits per heavy atom. The van der Waals surface area contributed by atoms with Crippen molar-refractivity contribution in [2.45, 2.75) is 12.8 Å². The lowest BCUT2D eigenvalue weighted by atomic mass is 10.3. The van der Waals surface area contributed by atoms with Gasteiger partial charge in [0.1, 0.15) is 0 Å². The van der Waals surface area contributed by atoms with Crippen LogP contribution in [0.3, 0.4) is 0 Å². The molecule has 1 aromatic carbocycles. The van der Waals surface area contributed by atoms with Crippen LogP contribution in [0.5, 0.6) is 0 Å². The highest BCUT2D eigenvalue weighted by Crippen LogP contribution is 2.14. The third-order valence-electron chi connectivity index (χ3n) is 3.10. The average molecular weight is 283 g/mol. The van der Waals surface area contributed by atoms with Gasteiger partial charge >= 0.3 is 0 Å². The molecule has 0 amide bonds. The Kier molecular flexibility index (Phi) is 3.95. The molecule has 0 unspecified atom stereocenters. The van der Waals surface area contributed by atoms with E-state index in [4.69, 9.17) is 4.52 Å². The van der Waals surface area contributed by atoms with Gasteiger partial charge in [-0.15, -0.1) is 0 Å². The molecule has 2 heterocycles. The number of anilines is 1. The van der Waals surface area contributed by atoms with Gasteiger partial charge in [-0.05, 0) is 18.6 Å². The zero-order valence-electron chi connectivity index (χ0n) is 11.9.